The summed E-state index contributed by atoms with van der Waals surface area (Å²) in [4.78, 5) is 9.00. The van der Waals surface area contributed by atoms with Crippen LogP contribution >= 0.6 is 0 Å². The van der Waals surface area contributed by atoms with Crippen molar-refractivity contribution in [3.8, 4) is 0 Å². The molecule has 0 amide bonds. The number of ether oxygens (including phenoxy) is 1. The van der Waals surface area contributed by atoms with E-state index in [4.69, 9.17) is 4.74 Å². The SMILES string of the molecule is COC1CCN(C2CCN(S(=O)(=O)c3cnc[nH]3)CC2)CC1. The third-order valence-corrected chi connectivity index (χ3v) is 6.66. The van der Waals surface area contributed by atoms with Crippen LogP contribution in [-0.2, 0) is 14.8 Å². The maximum atomic E-state index is 12.4. The van der Waals surface area contributed by atoms with Crippen molar-refractivity contribution < 1.29 is 13.2 Å². The summed E-state index contributed by atoms with van der Waals surface area (Å²) in [6.45, 7) is 3.26. The molecule has 3 rings (SSSR count). The summed E-state index contributed by atoms with van der Waals surface area (Å²) in [6, 6.07) is 0.492. The van der Waals surface area contributed by atoms with Crippen molar-refractivity contribution in [3.63, 3.8) is 0 Å². The fourth-order valence-corrected chi connectivity index (χ4v) is 4.81. The van der Waals surface area contributed by atoms with E-state index in [9.17, 15) is 8.42 Å². The molecule has 0 radical (unpaired) electrons. The molecule has 1 aromatic heterocycles. The van der Waals surface area contributed by atoms with Crippen LogP contribution in [0.3, 0.4) is 0 Å². The lowest BCUT2D eigenvalue weighted by Gasteiger charge is -2.41. The van der Waals surface area contributed by atoms with Gasteiger partial charge in [-0.3, -0.25) is 0 Å². The van der Waals surface area contributed by atoms with E-state index in [-0.39, 0.29) is 5.03 Å². The molecule has 2 fully saturated rings. The highest BCUT2D eigenvalue weighted by molar-refractivity contribution is 7.89. The zero-order chi connectivity index (χ0) is 15.6. The normalized spacial score (nSPS) is 23.9. The number of nitrogens with zero attached hydrogens (tertiary/aromatic N) is 3. The lowest BCUT2D eigenvalue weighted by atomic mass is 10.00. The Balaban J connectivity index is 1.55. The van der Waals surface area contributed by atoms with Crippen molar-refractivity contribution in [3.05, 3.63) is 12.5 Å². The minimum absolute atomic E-state index is 0.187. The molecule has 0 unspecified atom stereocenters. The molecule has 0 saturated carbocycles. The second kappa shape index (κ2) is 6.66. The van der Waals surface area contributed by atoms with E-state index in [1.54, 1.807) is 11.4 Å². The van der Waals surface area contributed by atoms with E-state index in [0.29, 0.717) is 25.2 Å². The van der Waals surface area contributed by atoms with Crippen LogP contribution in [-0.4, -0.2) is 73.0 Å². The standard InChI is InChI=1S/C14H24N4O3S/c1-21-13-4-6-17(7-5-13)12-2-8-18(9-3-12)22(19,20)14-10-15-11-16-14/h10-13H,2-9H2,1H3,(H,15,16). The first-order valence-corrected chi connectivity index (χ1v) is 9.30. The van der Waals surface area contributed by atoms with Gasteiger partial charge in [-0.2, -0.15) is 4.31 Å². The third kappa shape index (κ3) is 3.19. The number of methoxy groups -OCH3 is 1. The van der Waals surface area contributed by atoms with Gasteiger partial charge in [0.15, 0.2) is 5.03 Å². The van der Waals surface area contributed by atoms with Gasteiger partial charge in [-0.15, -0.1) is 0 Å². The summed E-state index contributed by atoms with van der Waals surface area (Å²) >= 11 is 0. The number of hydrogen-bond acceptors (Lipinski definition) is 5. The van der Waals surface area contributed by atoms with Crippen LogP contribution in [0.15, 0.2) is 17.6 Å². The average Bonchev–Trinajstić information content (AvgIpc) is 3.10. The third-order valence-electron chi connectivity index (χ3n) is 4.84. The molecule has 0 bridgehead atoms. The van der Waals surface area contributed by atoms with Gasteiger partial charge in [0.05, 0.1) is 18.6 Å². The number of nitrogens with one attached hydrogen (secondary N) is 1. The van der Waals surface area contributed by atoms with Crippen molar-refractivity contribution in [1.82, 2.24) is 19.2 Å². The number of sulfonamides is 1. The van der Waals surface area contributed by atoms with E-state index < -0.39 is 10.0 Å². The van der Waals surface area contributed by atoms with Crippen LogP contribution in [0.2, 0.25) is 0 Å². The van der Waals surface area contributed by atoms with Gasteiger partial charge in [-0.25, -0.2) is 13.4 Å². The maximum absolute atomic E-state index is 12.4. The number of hydrogen-bond donors (Lipinski definition) is 1. The van der Waals surface area contributed by atoms with Crippen LogP contribution in [0.4, 0.5) is 0 Å². The fraction of sp³-hybridized carbons (Fsp3) is 0.786. The molecule has 1 aromatic rings. The predicted octanol–water partition coefficient (Wildman–Crippen LogP) is 0.674. The monoisotopic (exact) mass is 328 g/mol. The van der Waals surface area contributed by atoms with Crippen LogP contribution in [0.5, 0.6) is 0 Å². The number of piperidine rings is 2. The number of rotatable bonds is 4. The van der Waals surface area contributed by atoms with Gasteiger partial charge in [0.1, 0.15) is 0 Å². The van der Waals surface area contributed by atoms with E-state index in [1.165, 1.54) is 12.5 Å². The Bertz CT molecular complexity index is 559. The Morgan fingerprint density at radius 1 is 1.18 bits per heavy atom. The van der Waals surface area contributed by atoms with Gasteiger partial charge in [0.2, 0.25) is 0 Å². The zero-order valence-corrected chi connectivity index (χ0v) is 13.8. The first kappa shape index (κ1) is 15.9. The van der Waals surface area contributed by atoms with Crippen LogP contribution < -0.4 is 0 Å². The molecular formula is C14H24N4O3S. The number of aromatic amines is 1. The van der Waals surface area contributed by atoms with E-state index in [0.717, 1.165) is 38.8 Å². The van der Waals surface area contributed by atoms with Crippen molar-refractivity contribution in [1.29, 1.82) is 0 Å². The highest BCUT2D eigenvalue weighted by Crippen LogP contribution is 2.24. The fourth-order valence-electron chi connectivity index (χ4n) is 3.45. The molecule has 2 saturated heterocycles. The summed E-state index contributed by atoms with van der Waals surface area (Å²) < 4.78 is 31.8. The molecular weight excluding hydrogens is 304 g/mol. The summed E-state index contributed by atoms with van der Waals surface area (Å²) in [5.74, 6) is 0. The van der Waals surface area contributed by atoms with Crippen molar-refractivity contribution in [2.75, 3.05) is 33.3 Å². The quantitative estimate of drug-likeness (QED) is 0.879. The molecule has 0 spiro atoms. The molecule has 2 aliphatic rings. The Morgan fingerprint density at radius 3 is 2.41 bits per heavy atom. The molecule has 3 heterocycles. The smallest absolute Gasteiger partial charge is 0.260 e. The number of H-pyrrole nitrogens is 1. The van der Waals surface area contributed by atoms with Crippen molar-refractivity contribution in [2.45, 2.75) is 42.9 Å². The Hall–Kier alpha value is -0.960. The molecule has 7 nitrogen and oxygen atoms in total. The Labute approximate surface area is 131 Å². The highest BCUT2D eigenvalue weighted by Gasteiger charge is 2.33. The van der Waals surface area contributed by atoms with Crippen molar-refractivity contribution in [2.24, 2.45) is 0 Å². The zero-order valence-electron chi connectivity index (χ0n) is 12.9. The topological polar surface area (TPSA) is 78.5 Å². The number of aromatic nitrogens is 2. The largest absolute Gasteiger partial charge is 0.381 e. The van der Waals surface area contributed by atoms with Gasteiger partial charge in [-0.05, 0) is 25.7 Å². The van der Waals surface area contributed by atoms with Gasteiger partial charge >= 0.3 is 0 Å². The van der Waals surface area contributed by atoms with Gasteiger partial charge in [0, 0.05) is 39.3 Å². The van der Waals surface area contributed by atoms with Crippen LogP contribution in [0, 0.1) is 0 Å². The number of likely N-dealkylation sites (tertiary alicyclic amines) is 1. The Morgan fingerprint density at radius 2 is 1.86 bits per heavy atom. The van der Waals surface area contributed by atoms with E-state index in [2.05, 4.69) is 14.9 Å². The first-order valence-electron chi connectivity index (χ1n) is 7.86. The minimum Gasteiger partial charge on any atom is -0.381 e. The highest BCUT2D eigenvalue weighted by atomic mass is 32.2. The lowest BCUT2D eigenvalue weighted by molar-refractivity contribution is 0.0190. The van der Waals surface area contributed by atoms with E-state index >= 15 is 0 Å². The van der Waals surface area contributed by atoms with E-state index in [1.807, 2.05) is 0 Å². The minimum atomic E-state index is -3.41. The summed E-state index contributed by atoms with van der Waals surface area (Å²) in [6.07, 6.45) is 7.09. The van der Waals surface area contributed by atoms with Gasteiger partial charge < -0.3 is 14.6 Å². The number of imidazole rings is 1. The maximum Gasteiger partial charge on any atom is 0.260 e. The van der Waals surface area contributed by atoms with Gasteiger partial charge in [0.25, 0.3) is 10.0 Å². The Kier molecular flexibility index (Phi) is 4.82. The molecule has 1 N–H and O–H groups in total. The van der Waals surface area contributed by atoms with Gasteiger partial charge in [-0.1, -0.05) is 0 Å². The summed E-state index contributed by atoms with van der Waals surface area (Å²) in [5, 5.41) is 0.187. The molecule has 2 aliphatic heterocycles. The predicted molar refractivity (Wildman–Crippen MR) is 82.0 cm³/mol. The summed E-state index contributed by atoms with van der Waals surface area (Å²) in [5.41, 5.74) is 0. The second-order valence-corrected chi connectivity index (χ2v) is 7.93. The molecule has 0 atom stereocenters. The molecule has 22 heavy (non-hydrogen) atoms. The average molecular weight is 328 g/mol. The molecule has 0 aromatic carbocycles. The molecule has 8 heteroatoms. The molecule has 124 valence electrons. The lowest BCUT2D eigenvalue weighted by Crippen LogP contribution is -2.49. The first-order chi connectivity index (χ1) is 10.6. The second-order valence-electron chi connectivity index (χ2n) is 6.02. The summed E-state index contributed by atoms with van der Waals surface area (Å²) in [7, 11) is -1.63. The molecule has 0 aliphatic carbocycles. The van der Waals surface area contributed by atoms with Crippen molar-refractivity contribution >= 4 is 10.0 Å². The van der Waals surface area contributed by atoms with Crippen LogP contribution in [0.1, 0.15) is 25.7 Å². The van der Waals surface area contributed by atoms with Crippen LogP contribution in [0.25, 0.3) is 0 Å².